The highest BCUT2D eigenvalue weighted by Gasteiger charge is 2.10. The summed E-state index contributed by atoms with van der Waals surface area (Å²) in [5, 5.41) is 4.36. The van der Waals surface area contributed by atoms with Crippen LogP contribution in [0.2, 0.25) is 5.02 Å². The summed E-state index contributed by atoms with van der Waals surface area (Å²) in [5.41, 5.74) is 3.17. The number of halogens is 2. The Balaban J connectivity index is 2.32. The van der Waals surface area contributed by atoms with E-state index in [-0.39, 0.29) is 0 Å². The summed E-state index contributed by atoms with van der Waals surface area (Å²) in [6, 6.07) is 4.83. The highest BCUT2D eigenvalue weighted by atomic mass is 35.5. The third kappa shape index (κ3) is 1.40. The molecule has 3 rings (SSSR count). The number of benzene rings is 1. The molecule has 0 bridgehead atoms. The Labute approximate surface area is 99.1 Å². The van der Waals surface area contributed by atoms with Gasteiger partial charge < -0.3 is 0 Å². The lowest BCUT2D eigenvalue weighted by Gasteiger charge is -2.02. The van der Waals surface area contributed by atoms with Gasteiger partial charge in [0.2, 0.25) is 5.95 Å². The van der Waals surface area contributed by atoms with E-state index in [1.165, 1.54) is 22.1 Å². The van der Waals surface area contributed by atoms with E-state index in [9.17, 15) is 4.39 Å². The van der Waals surface area contributed by atoms with Crippen molar-refractivity contribution in [2.24, 2.45) is 0 Å². The van der Waals surface area contributed by atoms with Crippen LogP contribution < -0.4 is 0 Å². The Morgan fingerprint density at radius 2 is 2.19 bits per heavy atom. The number of rotatable bonds is 1. The third-order valence-electron chi connectivity index (χ3n) is 2.22. The van der Waals surface area contributed by atoms with Crippen molar-refractivity contribution in [2.45, 2.75) is 0 Å². The number of aromatic nitrogens is 3. The number of hydrogen-bond acceptors (Lipinski definition) is 3. The van der Waals surface area contributed by atoms with Crippen molar-refractivity contribution in [3.05, 3.63) is 40.9 Å². The fourth-order valence-corrected chi connectivity index (χ4v) is 2.52. The van der Waals surface area contributed by atoms with Gasteiger partial charge in [0.25, 0.3) is 0 Å². The van der Waals surface area contributed by atoms with Crippen molar-refractivity contribution in [3.8, 4) is 5.69 Å². The zero-order valence-electron chi connectivity index (χ0n) is 7.89. The maximum atomic E-state index is 12.8. The average Bonchev–Trinajstić information content (AvgIpc) is 2.87. The molecule has 0 atom stereocenters. The van der Waals surface area contributed by atoms with Crippen LogP contribution in [0.15, 0.2) is 29.9 Å². The first-order valence-electron chi connectivity index (χ1n) is 4.49. The van der Waals surface area contributed by atoms with E-state index in [2.05, 4.69) is 10.1 Å². The van der Waals surface area contributed by atoms with Gasteiger partial charge in [-0.3, -0.25) is 0 Å². The van der Waals surface area contributed by atoms with E-state index >= 15 is 0 Å². The van der Waals surface area contributed by atoms with Crippen LogP contribution in [0, 0.1) is 5.95 Å². The van der Waals surface area contributed by atoms with Crippen molar-refractivity contribution < 1.29 is 4.39 Å². The lowest BCUT2D eigenvalue weighted by molar-refractivity contribution is 0.567. The van der Waals surface area contributed by atoms with Crippen LogP contribution in [0.4, 0.5) is 4.39 Å². The summed E-state index contributed by atoms with van der Waals surface area (Å²) in [6.07, 6.45) is 1.55. The largest absolute Gasteiger partial charge is 0.242 e. The Hall–Kier alpha value is -1.46. The maximum Gasteiger partial charge on any atom is 0.233 e. The molecule has 0 N–H and O–H groups in total. The van der Waals surface area contributed by atoms with Crippen molar-refractivity contribution in [1.82, 2.24) is 14.8 Å². The quantitative estimate of drug-likeness (QED) is 0.666. The van der Waals surface area contributed by atoms with Gasteiger partial charge in [-0.1, -0.05) is 11.6 Å². The molecule has 0 unspecified atom stereocenters. The third-order valence-corrected chi connectivity index (χ3v) is 3.50. The molecule has 3 nitrogen and oxygen atoms in total. The Morgan fingerprint density at radius 1 is 1.31 bits per heavy atom. The van der Waals surface area contributed by atoms with Gasteiger partial charge in [0.05, 0.1) is 20.9 Å². The Morgan fingerprint density at radius 3 is 2.94 bits per heavy atom. The summed E-state index contributed by atoms with van der Waals surface area (Å²) in [5.74, 6) is -0.515. The highest BCUT2D eigenvalue weighted by molar-refractivity contribution is 7.17. The van der Waals surface area contributed by atoms with Crippen molar-refractivity contribution in [2.75, 3.05) is 0 Å². The van der Waals surface area contributed by atoms with Crippen LogP contribution in [0.3, 0.4) is 0 Å². The standard InChI is InChI=1S/C10H5ClFN3S/c11-6-1-2-7(9-10(6)16-5-13-9)15-4-3-8(12)14-15/h1-5H. The van der Waals surface area contributed by atoms with Crippen LogP contribution >= 0.6 is 22.9 Å². The maximum absolute atomic E-state index is 12.8. The minimum atomic E-state index is -0.515. The second kappa shape index (κ2) is 3.54. The Kier molecular flexibility index (Phi) is 2.15. The normalized spacial score (nSPS) is 11.1. The minimum absolute atomic E-state index is 0.515. The molecule has 0 aliphatic rings. The van der Waals surface area contributed by atoms with Gasteiger partial charge in [-0.15, -0.1) is 16.4 Å². The predicted molar refractivity (Wildman–Crippen MR) is 61.7 cm³/mol. The van der Waals surface area contributed by atoms with Gasteiger partial charge in [-0.2, -0.15) is 4.39 Å². The highest BCUT2D eigenvalue weighted by Crippen LogP contribution is 2.30. The molecule has 2 aromatic heterocycles. The van der Waals surface area contributed by atoms with E-state index in [0.717, 1.165) is 15.9 Å². The Bertz CT molecular complexity index is 661. The molecule has 6 heteroatoms. The molecule has 0 fully saturated rings. The molecule has 0 radical (unpaired) electrons. The topological polar surface area (TPSA) is 30.7 Å². The molecule has 0 saturated heterocycles. The van der Waals surface area contributed by atoms with Crippen LogP contribution in [0.1, 0.15) is 0 Å². The molecule has 0 aliphatic heterocycles. The van der Waals surface area contributed by atoms with Gasteiger partial charge in [-0.25, -0.2) is 9.67 Å². The summed E-state index contributed by atoms with van der Waals surface area (Å²) in [4.78, 5) is 4.22. The molecule has 0 aliphatic carbocycles. The molecule has 0 spiro atoms. The van der Waals surface area contributed by atoms with Crippen molar-refractivity contribution >= 4 is 33.2 Å². The number of fused-ring (bicyclic) bond motifs is 1. The molecular weight excluding hydrogens is 249 g/mol. The van der Waals surface area contributed by atoms with Gasteiger partial charge in [0, 0.05) is 12.3 Å². The van der Waals surface area contributed by atoms with E-state index in [1.54, 1.807) is 23.8 Å². The summed E-state index contributed by atoms with van der Waals surface area (Å²) in [6.45, 7) is 0. The fourth-order valence-electron chi connectivity index (χ4n) is 1.53. The average molecular weight is 254 g/mol. The molecule has 80 valence electrons. The summed E-state index contributed by atoms with van der Waals surface area (Å²) in [7, 11) is 0. The summed E-state index contributed by atoms with van der Waals surface area (Å²) < 4.78 is 15.2. The van der Waals surface area contributed by atoms with E-state index in [0.29, 0.717) is 5.02 Å². The van der Waals surface area contributed by atoms with Crippen molar-refractivity contribution in [3.63, 3.8) is 0 Å². The molecule has 16 heavy (non-hydrogen) atoms. The number of nitrogens with zero attached hydrogens (tertiary/aromatic N) is 3. The van der Waals surface area contributed by atoms with Gasteiger partial charge in [0.1, 0.15) is 5.52 Å². The van der Waals surface area contributed by atoms with Gasteiger partial charge >= 0.3 is 0 Å². The SMILES string of the molecule is Fc1ccn(-c2ccc(Cl)c3scnc23)n1. The minimum Gasteiger partial charge on any atom is -0.242 e. The second-order valence-electron chi connectivity index (χ2n) is 3.18. The molecule has 3 aromatic rings. The van der Waals surface area contributed by atoms with E-state index in [4.69, 9.17) is 11.6 Å². The van der Waals surface area contributed by atoms with Gasteiger partial charge in [-0.05, 0) is 12.1 Å². The van der Waals surface area contributed by atoms with E-state index in [1.807, 2.05) is 0 Å². The smallest absolute Gasteiger partial charge is 0.233 e. The first-order valence-corrected chi connectivity index (χ1v) is 5.75. The molecule has 0 amide bonds. The predicted octanol–water partition coefficient (Wildman–Crippen LogP) is 3.27. The molecule has 2 heterocycles. The number of thiazole rings is 1. The van der Waals surface area contributed by atoms with Crippen LogP contribution in [0.25, 0.3) is 15.9 Å². The first-order chi connectivity index (χ1) is 7.75. The molecule has 1 aromatic carbocycles. The van der Waals surface area contributed by atoms with Gasteiger partial charge in [0.15, 0.2) is 0 Å². The lowest BCUT2D eigenvalue weighted by Crippen LogP contribution is -1.96. The van der Waals surface area contributed by atoms with Crippen LogP contribution in [0.5, 0.6) is 0 Å². The fraction of sp³-hybridized carbons (Fsp3) is 0. The second-order valence-corrected chi connectivity index (χ2v) is 4.44. The number of hydrogen-bond donors (Lipinski definition) is 0. The van der Waals surface area contributed by atoms with E-state index < -0.39 is 5.95 Å². The molecular formula is C10H5ClFN3S. The molecule has 0 saturated carbocycles. The first kappa shape index (κ1) is 9.74. The van der Waals surface area contributed by atoms with Crippen molar-refractivity contribution in [1.29, 1.82) is 0 Å². The van der Waals surface area contributed by atoms with Crippen LogP contribution in [-0.4, -0.2) is 14.8 Å². The zero-order valence-corrected chi connectivity index (χ0v) is 9.46. The summed E-state index contributed by atoms with van der Waals surface area (Å²) >= 11 is 7.48. The van der Waals surface area contributed by atoms with Crippen LogP contribution in [-0.2, 0) is 0 Å². The monoisotopic (exact) mass is 253 g/mol. The zero-order chi connectivity index (χ0) is 11.1. The lowest BCUT2D eigenvalue weighted by atomic mass is 10.3.